The van der Waals surface area contributed by atoms with E-state index in [9.17, 15) is 4.79 Å². The molecule has 0 aliphatic carbocycles. The molecular weight excluding hydrogens is 252 g/mol. The van der Waals surface area contributed by atoms with E-state index in [0.717, 1.165) is 18.5 Å². The number of benzene rings is 1. The first kappa shape index (κ1) is 12.7. The van der Waals surface area contributed by atoms with Gasteiger partial charge in [0, 0.05) is 13.1 Å². The van der Waals surface area contributed by atoms with Crippen molar-refractivity contribution in [2.24, 2.45) is 0 Å². The molecule has 1 aromatic heterocycles. The average Bonchev–Trinajstić information content (AvgIpc) is 3.03. The maximum Gasteiger partial charge on any atom is 0.277 e. The second-order valence-corrected chi connectivity index (χ2v) is 5.14. The highest BCUT2D eigenvalue weighted by Crippen LogP contribution is 2.25. The molecule has 0 spiro atoms. The lowest BCUT2D eigenvalue weighted by Crippen LogP contribution is -2.26. The number of amides is 1. The van der Waals surface area contributed by atoms with Crippen LogP contribution >= 0.6 is 0 Å². The van der Waals surface area contributed by atoms with Crippen LogP contribution in [0.3, 0.4) is 0 Å². The number of carbonyl (C=O) groups is 1. The zero-order valence-electron chi connectivity index (χ0n) is 11.5. The number of aryl methyl sites for hydroxylation is 1. The SMILES string of the molecule is CCCc1[nH]nc(C(=O)N2Cc3ccccc3C2)c1N. The van der Waals surface area contributed by atoms with Gasteiger partial charge in [-0.25, -0.2) is 0 Å². The van der Waals surface area contributed by atoms with Gasteiger partial charge in [-0.1, -0.05) is 37.6 Å². The van der Waals surface area contributed by atoms with E-state index in [1.807, 2.05) is 12.1 Å². The van der Waals surface area contributed by atoms with E-state index in [2.05, 4.69) is 29.3 Å². The van der Waals surface area contributed by atoms with Crippen LogP contribution in [0, 0.1) is 0 Å². The molecule has 5 heteroatoms. The number of fused-ring (bicyclic) bond motifs is 1. The summed E-state index contributed by atoms with van der Waals surface area (Å²) < 4.78 is 0. The molecule has 1 aliphatic heterocycles. The summed E-state index contributed by atoms with van der Waals surface area (Å²) in [5.74, 6) is -0.0997. The zero-order chi connectivity index (χ0) is 14.1. The molecule has 3 N–H and O–H groups in total. The summed E-state index contributed by atoms with van der Waals surface area (Å²) >= 11 is 0. The summed E-state index contributed by atoms with van der Waals surface area (Å²) in [6.45, 7) is 3.33. The highest BCUT2D eigenvalue weighted by Gasteiger charge is 2.27. The highest BCUT2D eigenvalue weighted by molar-refractivity contribution is 5.97. The number of H-pyrrole nitrogens is 1. The number of nitrogen functional groups attached to an aromatic ring is 1. The number of anilines is 1. The van der Waals surface area contributed by atoms with Gasteiger partial charge in [0.2, 0.25) is 0 Å². The number of nitrogens with two attached hydrogens (primary N) is 1. The van der Waals surface area contributed by atoms with Crippen molar-refractivity contribution in [2.75, 3.05) is 5.73 Å². The van der Waals surface area contributed by atoms with Crippen LogP contribution in [0.25, 0.3) is 0 Å². The predicted molar refractivity (Wildman–Crippen MR) is 77.0 cm³/mol. The van der Waals surface area contributed by atoms with Gasteiger partial charge in [-0.05, 0) is 17.5 Å². The molecule has 1 aromatic carbocycles. The maximum atomic E-state index is 12.5. The Kier molecular flexibility index (Phi) is 3.18. The topological polar surface area (TPSA) is 75.0 Å². The van der Waals surface area contributed by atoms with Crippen LogP contribution in [0.5, 0.6) is 0 Å². The number of aromatic amines is 1. The molecule has 104 valence electrons. The lowest BCUT2D eigenvalue weighted by Gasteiger charge is -2.14. The Morgan fingerprint density at radius 1 is 1.35 bits per heavy atom. The second-order valence-electron chi connectivity index (χ2n) is 5.14. The van der Waals surface area contributed by atoms with E-state index in [-0.39, 0.29) is 5.91 Å². The van der Waals surface area contributed by atoms with E-state index in [1.165, 1.54) is 11.1 Å². The molecule has 20 heavy (non-hydrogen) atoms. The number of nitrogens with zero attached hydrogens (tertiary/aromatic N) is 2. The molecule has 0 fully saturated rings. The van der Waals surface area contributed by atoms with Crippen LogP contribution in [-0.4, -0.2) is 21.0 Å². The summed E-state index contributed by atoms with van der Waals surface area (Å²) in [5, 5.41) is 6.98. The van der Waals surface area contributed by atoms with Gasteiger partial charge >= 0.3 is 0 Å². The fourth-order valence-corrected chi connectivity index (χ4v) is 2.62. The van der Waals surface area contributed by atoms with Crippen molar-refractivity contribution < 1.29 is 4.79 Å². The van der Waals surface area contributed by atoms with Crippen LogP contribution in [0.15, 0.2) is 24.3 Å². The number of carbonyl (C=O) groups excluding carboxylic acids is 1. The molecule has 1 amide bonds. The van der Waals surface area contributed by atoms with E-state index in [4.69, 9.17) is 5.73 Å². The summed E-state index contributed by atoms with van der Waals surface area (Å²) in [7, 11) is 0. The Bertz CT molecular complexity index is 622. The van der Waals surface area contributed by atoms with Crippen LogP contribution in [0.1, 0.15) is 40.7 Å². The summed E-state index contributed by atoms with van der Waals surface area (Å²) in [5.41, 5.74) is 10.1. The number of hydrogen-bond acceptors (Lipinski definition) is 3. The van der Waals surface area contributed by atoms with Crippen molar-refractivity contribution in [2.45, 2.75) is 32.9 Å². The Labute approximate surface area is 117 Å². The van der Waals surface area contributed by atoms with Crippen LogP contribution in [0.2, 0.25) is 0 Å². The fourth-order valence-electron chi connectivity index (χ4n) is 2.62. The predicted octanol–water partition coefficient (Wildman–Crippen LogP) is 2.10. The number of aromatic nitrogens is 2. The molecule has 0 radical (unpaired) electrons. The van der Waals surface area contributed by atoms with E-state index >= 15 is 0 Å². The first-order chi connectivity index (χ1) is 9.70. The molecule has 5 nitrogen and oxygen atoms in total. The normalized spacial score (nSPS) is 13.6. The third-order valence-electron chi connectivity index (χ3n) is 3.71. The van der Waals surface area contributed by atoms with Gasteiger partial charge in [-0.3, -0.25) is 9.89 Å². The van der Waals surface area contributed by atoms with E-state index < -0.39 is 0 Å². The molecule has 3 rings (SSSR count). The summed E-state index contributed by atoms with van der Waals surface area (Å²) in [6.07, 6.45) is 1.78. The zero-order valence-corrected chi connectivity index (χ0v) is 11.5. The number of rotatable bonds is 3. The minimum absolute atomic E-state index is 0.0997. The molecule has 0 saturated carbocycles. The fraction of sp³-hybridized carbons (Fsp3) is 0.333. The summed E-state index contributed by atoms with van der Waals surface area (Å²) in [4.78, 5) is 14.3. The number of nitrogens with one attached hydrogen (secondary N) is 1. The van der Waals surface area contributed by atoms with Crippen molar-refractivity contribution in [1.29, 1.82) is 0 Å². The summed E-state index contributed by atoms with van der Waals surface area (Å²) in [6, 6.07) is 8.10. The van der Waals surface area contributed by atoms with Crippen LogP contribution < -0.4 is 5.73 Å². The van der Waals surface area contributed by atoms with Crippen molar-refractivity contribution in [1.82, 2.24) is 15.1 Å². The largest absolute Gasteiger partial charge is 0.395 e. The molecule has 2 aromatic rings. The van der Waals surface area contributed by atoms with Crippen molar-refractivity contribution in [3.63, 3.8) is 0 Å². The second kappa shape index (κ2) is 5.00. The monoisotopic (exact) mass is 270 g/mol. The van der Waals surface area contributed by atoms with Crippen LogP contribution in [0.4, 0.5) is 5.69 Å². The lowest BCUT2D eigenvalue weighted by molar-refractivity contribution is 0.0746. The minimum atomic E-state index is -0.0997. The minimum Gasteiger partial charge on any atom is -0.395 e. The van der Waals surface area contributed by atoms with Crippen LogP contribution in [-0.2, 0) is 19.5 Å². The third kappa shape index (κ3) is 2.05. The average molecular weight is 270 g/mol. The van der Waals surface area contributed by atoms with Gasteiger partial charge in [-0.15, -0.1) is 0 Å². The molecule has 0 atom stereocenters. The molecule has 0 bridgehead atoms. The standard InChI is InChI=1S/C15H18N4O/c1-2-5-12-13(16)14(18-17-12)15(20)19-8-10-6-3-4-7-11(10)9-19/h3-4,6-7H,2,5,8-9,16H2,1H3,(H,17,18). The van der Waals surface area contributed by atoms with Crippen molar-refractivity contribution in [3.05, 3.63) is 46.8 Å². The van der Waals surface area contributed by atoms with E-state index in [0.29, 0.717) is 24.5 Å². The van der Waals surface area contributed by atoms with Gasteiger partial charge in [-0.2, -0.15) is 5.10 Å². The van der Waals surface area contributed by atoms with Crippen molar-refractivity contribution in [3.8, 4) is 0 Å². The van der Waals surface area contributed by atoms with Gasteiger partial charge in [0.05, 0.1) is 11.4 Å². The Morgan fingerprint density at radius 3 is 2.60 bits per heavy atom. The first-order valence-electron chi connectivity index (χ1n) is 6.89. The van der Waals surface area contributed by atoms with Gasteiger partial charge in [0.25, 0.3) is 5.91 Å². The molecule has 0 unspecified atom stereocenters. The van der Waals surface area contributed by atoms with Gasteiger partial charge < -0.3 is 10.6 Å². The quantitative estimate of drug-likeness (QED) is 0.896. The molecular formula is C15H18N4O. The Balaban J connectivity index is 1.81. The van der Waals surface area contributed by atoms with Crippen molar-refractivity contribution >= 4 is 11.6 Å². The lowest BCUT2D eigenvalue weighted by atomic mass is 10.1. The van der Waals surface area contributed by atoms with E-state index in [1.54, 1.807) is 4.90 Å². The third-order valence-corrected chi connectivity index (χ3v) is 3.71. The molecule has 1 aliphatic rings. The van der Waals surface area contributed by atoms with Gasteiger partial charge in [0.1, 0.15) is 0 Å². The molecule has 0 saturated heterocycles. The smallest absolute Gasteiger partial charge is 0.277 e. The molecule has 2 heterocycles. The van der Waals surface area contributed by atoms with Gasteiger partial charge in [0.15, 0.2) is 5.69 Å². The maximum absolute atomic E-state index is 12.5. The Morgan fingerprint density at radius 2 is 2.00 bits per heavy atom. The highest BCUT2D eigenvalue weighted by atomic mass is 16.2. The first-order valence-corrected chi connectivity index (χ1v) is 6.89. The number of hydrogen-bond donors (Lipinski definition) is 2. The Hall–Kier alpha value is -2.30.